The van der Waals surface area contributed by atoms with Gasteiger partial charge in [-0.05, 0) is 56.6 Å². The highest BCUT2D eigenvalue weighted by atomic mass is 15.1. The van der Waals surface area contributed by atoms with Crippen molar-refractivity contribution in [1.29, 1.82) is 0 Å². The fourth-order valence-electron chi connectivity index (χ4n) is 4.06. The van der Waals surface area contributed by atoms with Crippen LogP contribution in [-0.4, -0.2) is 10.2 Å². The molecule has 0 aliphatic heterocycles. The third-order valence-electron chi connectivity index (χ3n) is 5.76. The third kappa shape index (κ3) is 6.91. The Balaban J connectivity index is 1.68. The van der Waals surface area contributed by atoms with E-state index in [0.29, 0.717) is 5.92 Å². The van der Waals surface area contributed by atoms with Crippen LogP contribution in [0.4, 0.5) is 0 Å². The summed E-state index contributed by atoms with van der Waals surface area (Å²) in [5.41, 5.74) is 2.43. The minimum Gasteiger partial charge on any atom is -0.155 e. The molecule has 0 atom stereocenters. The molecule has 2 nitrogen and oxygen atoms in total. The van der Waals surface area contributed by atoms with Gasteiger partial charge in [-0.2, -0.15) is 10.2 Å². The average Bonchev–Trinajstić information content (AvgIpc) is 2.63. The van der Waals surface area contributed by atoms with Crippen LogP contribution < -0.4 is 0 Å². The van der Waals surface area contributed by atoms with Crippen LogP contribution in [0.1, 0.15) is 115 Å². The monoisotopic (exact) mass is 330 g/mol. The van der Waals surface area contributed by atoms with Crippen LogP contribution in [0, 0.1) is 5.92 Å². The van der Waals surface area contributed by atoms with E-state index < -0.39 is 0 Å². The minimum absolute atomic E-state index is 0.665. The molecule has 1 fully saturated rings. The van der Waals surface area contributed by atoms with E-state index in [4.69, 9.17) is 0 Å². The summed E-state index contributed by atoms with van der Waals surface area (Å²) in [6.07, 6.45) is 18.8. The van der Waals surface area contributed by atoms with Crippen LogP contribution >= 0.6 is 0 Å². The highest BCUT2D eigenvalue weighted by molar-refractivity contribution is 5.12. The van der Waals surface area contributed by atoms with Gasteiger partial charge in [0.1, 0.15) is 0 Å². The van der Waals surface area contributed by atoms with E-state index in [1.165, 1.54) is 94.9 Å². The SMILES string of the molecule is CCCCCCCc1ccc([C@H]2CC[C@H](CCCCC)CC2)nn1. The van der Waals surface area contributed by atoms with Gasteiger partial charge < -0.3 is 0 Å². The lowest BCUT2D eigenvalue weighted by molar-refractivity contribution is 0.299. The van der Waals surface area contributed by atoms with E-state index in [1.54, 1.807) is 0 Å². The van der Waals surface area contributed by atoms with Gasteiger partial charge in [-0.1, -0.05) is 65.2 Å². The van der Waals surface area contributed by atoms with Crippen molar-refractivity contribution in [2.45, 2.75) is 110 Å². The zero-order chi connectivity index (χ0) is 17.0. The van der Waals surface area contributed by atoms with Crippen molar-refractivity contribution in [3.63, 3.8) is 0 Å². The Bertz CT molecular complexity index is 418. The predicted molar refractivity (Wildman–Crippen MR) is 103 cm³/mol. The smallest absolute Gasteiger partial charge is 0.0662 e. The molecule has 136 valence electrons. The number of unbranched alkanes of at least 4 members (excludes halogenated alkanes) is 6. The molecule has 1 saturated carbocycles. The fourth-order valence-corrected chi connectivity index (χ4v) is 4.06. The molecule has 0 spiro atoms. The van der Waals surface area contributed by atoms with Crippen molar-refractivity contribution >= 4 is 0 Å². The second-order valence-corrected chi connectivity index (χ2v) is 7.83. The lowest BCUT2D eigenvalue weighted by Crippen LogP contribution is -2.15. The van der Waals surface area contributed by atoms with Crippen LogP contribution in [0.3, 0.4) is 0 Å². The fraction of sp³-hybridized carbons (Fsp3) is 0.818. The number of aryl methyl sites for hydroxylation is 1. The summed E-state index contributed by atoms with van der Waals surface area (Å²) in [6, 6.07) is 4.49. The molecule has 1 heterocycles. The zero-order valence-electron chi connectivity index (χ0n) is 16.1. The van der Waals surface area contributed by atoms with Crippen LogP contribution in [0.15, 0.2) is 12.1 Å². The first kappa shape index (κ1) is 19.4. The topological polar surface area (TPSA) is 25.8 Å². The first-order valence-electron chi connectivity index (χ1n) is 10.7. The van der Waals surface area contributed by atoms with Gasteiger partial charge in [0.2, 0.25) is 0 Å². The second kappa shape index (κ2) is 11.6. The molecule has 0 amide bonds. The van der Waals surface area contributed by atoms with Gasteiger partial charge in [-0.3, -0.25) is 0 Å². The minimum atomic E-state index is 0.665. The van der Waals surface area contributed by atoms with Crippen molar-refractivity contribution in [3.8, 4) is 0 Å². The molecule has 0 saturated heterocycles. The van der Waals surface area contributed by atoms with E-state index in [-0.39, 0.29) is 0 Å². The van der Waals surface area contributed by atoms with E-state index in [0.717, 1.165) is 12.3 Å². The first-order valence-corrected chi connectivity index (χ1v) is 10.7. The number of nitrogens with zero attached hydrogens (tertiary/aromatic N) is 2. The third-order valence-corrected chi connectivity index (χ3v) is 5.76. The Morgan fingerprint density at radius 3 is 2.17 bits per heavy atom. The summed E-state index contributed by atoms with van der Waals surface area (Å²) >= 11 is 0. The molecule has 0 bridgehead atoms. The van der Waals surface area contributed by atoms with Crippen LogP contribution in [-0.2, 0) is 6.42 Å². The standard InChI is InChI=1S/C22H38N2/c1-3-5-7-8-10-12-21-17-18-22(24-23-21)20-15-13-19(14-16-20)11-9-6-4-2/h17-20H,3-16H2,1-2H3/t19-,20-. The van der Waals surface area contributed by atoms with Crippen LogP contribution in [0.2, 0.25) is 0 Å². The molecular formula is C22H38N2. The molecular weight excluding hydrogens is 292 g/mol. The molecule has 1 aromatic rings. The molecule has 1 aliphatic rings. The average molecular weight is 331 g/mol. The first-order chi connectivity index (χ1) is 11.8. The normalized spacial score (nSPS) is 21.1. The van der Waals surface area contributed by atoms with Crippen molar-refractivity contribution in [1.82, 2.24) is 10.2 Å². The summed E-state index contributed by atoms with van der Waals surface area (Å²) in [6.45, 7) is 4.56. The summed E-state index contributed by atoms with van der Waals surface area (Å²) in [4.78, 5) is 0. The van der Waals surface area contributed by atoms with Gasteiger partial charge in [0, 0.05) is 5.92 Å². The van der Waals surface area contributed by atoms with E-state index >= 15 is 0 Å². The molecule has 0 N–H and O–H groups in total. The maximum Gasteiger partial charge on any atom is 0.0662 e. The molecule has 2 heteroatoms. The Kier molecular flexibility index (Phi) is 9.38. The maximum absolute atomic E-state index is 4.57. The summed E-state index contributed by atoms with van der Waals surface area (Å²) in [5.74, 6) is 1.64. The van der Waals surface area contributed by atoms with Gasteiger partial charge in [0.05, 0.1) is 11.4 Å². The van der Waals surface area contributed by atoms with E-state index in [2.05, 4.69) is 36.2 Å². The number of hydrogen-bond donors (Lipinski definition) is 0. The Hall–Kier alpha value is -0.920. The number of hydrogen-bond acceptors (Lipinski definition) is 2. The molecule has 2 rings (SSSR count). The lowest BCUT2D eigenvalue weighted by Gasteiger charge is -2.28. The second-order valence-electron chi connectivity index (χ2n) is 7.83. The zero-order valence-corrected chi connectivity index (χ0v) is 16.1. The van der Waals surface area contributed by atoms with Crippen molar-refractivity contribution in [3.05, 3.63) is 23.5 Å². The quantitative estimate of drug-likeness (QED) is 0.415. The van der Waals surface area contributed by atoms with Crippen molar-refractivity contribution in [2.75, 3.05) is 0 Å². The molecule has 1 aliphatic carbocycles. The number of rotatable bonds is 11. The Labute approximate surface area is 149 Å². The van der Waals surface area contributed by atoms with Gasteiger partial charge >= 0.3 is 0 Å². The summed E-state index contributed by atoms with van der Waals surface area (Å²) in [7, 11) is 0. The van der Waals surface area contributed by atoms with Gasteiger partial charge in [0.25, 0.3) is 0 Å². The Morgan fingerprint density at radius 1 is 0.792 bits per heavy atom. The van der Waals surface area contributed by atoms with Crippen molar-refractivity contribution in [2.24, 2.45) is 5.92 Å². The Morgan fingerprint density at radius 2 is 1.50 bits per heavy atom. The van der Waals surface area contributed by atoms with Gasteiger partial charge in [0.15, 0.2) is 0 Å². The van der Waals surface area contributed by atoms with Crippen LogP contribution in [0.25, 0.3) is 0 Å². The van der Waals surface area contributed by atoms with E-state index in [9.17, 15) is 0 Å². The molecule has 0 radical (unpaired) electrons. The molecule has 1 aromatic heterocycles. The summed E-state index contributed by atoms with van der Waals surface area (Å²) in [5, 5.41) is 9.07. The highest BCUT2D eigenvalue weighted by Gasteiger charge is 2.23. The number of aromatic nitrogens is 2. The summed E-state index contributed by atoms with van der Waals surface area (Å²) < 4.78 is 0. The predicted octanol–water partition coefficient (Wildman–Crippen LogP) is 6.84. The molecule has 0 aromatic carbocycles. The maximum atomic E-state index is 4.57. The lowest BCUT2D eigenvalue weighted by atomic mass is 9.78. The molecule has 0 unspecified atom stereocenters. The largest absolute Gasteiger partial charge is 0.155 e. The van der Waals surface area contributed by atoms with Crippen molar-refractivity contribution < 1.29 is 0 Å². The highest BCUT2D eigenvalue weighted by Crippen LogP contribution is 2.36. The van der Waals surface area contributed by atoms with E-state index in [1.807, 2.05) is 0 Å². The van der Waals surface area contributed by atoms with Gasteiger partial charge in [-0.15, -0.1) is 0 Å². The molecule has 24 heavy (non-hydrogen) atoms. The van der Waals surface area contributed by atoms with Gasteiger partial charge in [-0.25, -0.2) is 0 Å². The van der Waals surface area contributed by atoms with Crippen LogP contribution in [0.5, 0.6) is 0 Å².